The Hall–Kier alpha value is -3.26. The maximum absolute atomic E-state index is 9.27. The van der Waals surface area contributed by atoms with Gasteiger partial charge < -0.3 is 9.84 Å². The number of hydrogen-bond donors (Lipinski definition) is 1. The number of phenolic OH excluding ortho intramolecular Hbond substituents is 1. The second kappa shape index (κ2) is 17.2. The van der Waals surface area contributed by atoms with Gasteiger partial charge in [0.25, 0.3) is 0 Å². The summed E-state index contributed by atoms with van der Waals surface area (Å²) in [7, 11) is 0. The fourth-order valence-corrected chi connectivity index (χ4v) is 3.36. The lowest BCUT2D eigenvalue weighted by molar-refractivity contribution is 0.325. The van der Waals surface area contributed by atoms with Crippen LogP contribution in [0, 0.1) is 0 Å². The highest BCUT2D eigenvalue weighted by atomic mass is 79.9. The maximum atomic E-state index is 9.27. The number of hydrogen-bond acceptors (Lipinski definition) is 6. The highest BCUT2D eigenvalue weighted by Crippen LogP contribution is 2.23. The van der Waals surface area contributed by atoms with E-state index in [-0.39, 0.29) is 16.3 Å². The van der Waals surface area contributed by atoms with E-state index in [0.29, 0.717) is 12.3 Å². The fraction of sp³-hybridized carbons (Fsp3) is 0.143. The molecule has 0 saturated heterocycles. The van der Waals surface area contributed by atoms with Crippen LogP contribution in [0.3, 0.4) is 0 Å². The summed E-state index contributed by atoms with van der Waals surface area (Å²) < 4.78 is 5.59. The molecule has 0 atom stereocenters. The Morgan fingerprint density at radius 3 is 1.86 bits per heavy atom. The fourth-order valence-electron chi connectivity index (χ4n) is 2.74. The number of aromatic hydroxyl groups is 1. The lowest BCUT2D eigenvalue weighted by atomic mass is 10.1. The summed E-state index contributed by atoms with van der Waals surface area (Å²) in [6.07, 6.45) is 8.82. The summed E-state index contributed by atoms with van der Waals surface area (Å²) in [5.41, 5.74) is 3.25. The molecule has 4 aromatic rings. The zero-order chi connectivity index (χ0) is 26.9. The third kappa shape index (κ3) is 11.6. The first-order valence-corrected chi connectivity index (χ1v) is 13.1. The van der Waals surface area contributed by atoms with E-state index in [1.165, 1.54) is 0 Å². The van der Waals surface area contributed by atoms with Gasteiger partial charge in [0, 0.05) is 28.9 Å². The minimum Gasteiger partial charge on any atom is -0.508 e. The van der Waals surface area contributed by atoms with E-state index in [4.69, 9.17) is 27.9 Å². The topological polar surface area (TPSA) is 81.0 Å². The second-order valence-corrected chi connectivity index (χ2v) is 8.66. The molecule has 0 saturated carbocycles. The molecule has 0 unspecified atom stereocenters. The van der Waals surface area contributed by atoms with Gasteiger partial charge in [0.2, 0.25) is 10.6 Å². The van der Waals surface area contributed by atoms with Gasteiger partial charge in [0.05, 0.1) is 18.0 Å². The Bertz CT molecular complexity index is 1230. The second-order valence-electron chi connectivity index (χ2n) is 7.19. The predicted molar refractivity (Wildman–Crippen MR) is 156 cm³/mol. The van der Waals surface area contributed by atoms with Gasteiger partial charge in [-0.15, -0.1) is 13.2 Å². The molecule has 9 heteroatoms. The highest BCUT2D eigenvalue weighted by molar-refractivity contribution is 9.09. The molecule has 2 heterocycles. The number of alkyl halides is 1. The van der Waals surface area contributed by atoms with Gasteiger partial charge in [-0.05, 0) is 72.4 Å². The smallest absolute Gasteiger partial charge is 0.222 e. The minimum atomic E-state index is 0.200. The van der Waals surface area contributed by atoms with Crippen molar-refractivity contribution < 1.29 is 9.84 Å². The molecule has 0 fully saturated rings. The van der Waals surface area contributed by atoms with Gasteiger partial charge >= 0.3 is 0 Å². The molecule has 0 aliphatic heterocycles. The van der Waals surface area contributed by atoms with Gasteiger partial charge in [0.1, 0.15) is 11.5 Å². The third-order valence-electron chi connectivity index (χ3n) is 4.43. The van der Waals surface area contributed by atoms with Crippen molar-refractivity contribution >= 4 is 39.1 Å². The SMILES string of the molecule is C=CCCBr.C=CCCOc1cccc(-c2ccnc(Cl)n2)c1.Oc1cccc(-c2ccnc(Cl)n2)c1. The summed E-state index contributed by atoms with van der Waals surface area (Å²) in [4.78, 5) is 15.8. The predicted octanol–water partition coefficient (Wildman–Crippen LogP) is 8.21. The largest absolute Gasteiger partial charge is 0.508 e. The first-order chi connectivity index (χ1) is 18.0. The Morgan fingerprint density at radius 2 is 1.38 bits per heavy atom. The number of rotatable bonds is 8. The molecule has 0 aliphatic rings. The van der Waals surface area contributed by atoms with Crippen LogP contribution in [0.25, 0.3) is 22.5 Å². The number of halogens is 3. The lowest BCUT2D eigenvalue weighted by Gasteiger charge is -2.06. The normalized spacial score (nSPS) is 9.70. The van der Waals surface area contributed by atoms with Crippen molar-refractivity contribution in [1.82, 2.24) is 19.9 Å². The molecule has 0 bridgehead atoms. The molecule has 0 spiro atoms. The Kier molecular flexibility index (Phi) is 14.0. The number of aromatic nitrogens is 4. The molecule has 2 aromatic heterocycles. The first kappa shape index (κ1) is 30.0. The number of nitrogens with zero attached hydrogens (tertiary/aromatic N) is 4. The van der Waals surface area contributed by atoms with Crippen molar-refractivity contribution in [3.63, 3.8) is 0 Å². The minimum absolute atomic E-state index is 0.200. The maximum Gasteiger partial charge on any atom is 0.222 e. The Balaban J connectivity index is 0.000000225. The van der Waals surface area contributed by atoms with Crippen molar-refractivity contribution in [2.24, 2.45) is 0 Å². The van der Waals surface area contributed by atoms with E-state index in [2.05, 4.69) is 49.0 Å². The van der Waals surface area contributed by atoms with E-state index < -0.39 is 0 Å². The van der Waals surface area contributed by atoms with E-state index in [9.17, 15) is 5.11 Å². The van der Waals surface area contributed by atoms with Crippen molar-refractivity contribution in [1.29, 1.82) is 0 Å². The number of benzene rings is 2. The van der Waals surface area contributed by atoms with Crippen LogP contribution < -0.4 is 4.74 Å². The van der Waals surface area contributed by atoms with Crippen LogP contribution in [0.15, 0.2) is 98.4 Å². The Morgan fingerprint density at radius 1 is 0.811 bits per heavy atom. The standard InChI is InChI=1S/C14H13ClN2O.C10H7ClN2O.C4H7Br/c1-2-3-9-18-12-6-4-5-11(10-12)13-7-8-16-14(15)17-13;11-10-12-5-4-9(13-10)7-2-1-3-8(14)6-7;1-2-3-4-5/h2,4-8,10H,1,3,9H2;1-6,14H;2H,1,3-4H2. The van der Waals surface area contributed by atoms with Gasteiger partial charge in [-0.3, -0.25) is 0 Å². The van der Waals surface area contributed by atoms with Crippen LogP contribution in [0.5, 0.6) is 11.5 Å². The Labute approximate surface area is 235 Å². The zero-order valence-electron chi connectivity index (χ0n) is 20.1. The van der Waals surface area contributed by atoms with Crippen LogP contribution in [0.1, 0.15) is 12.8 Å². The average molecular weight is 602 g/mol. The van der Waals surface area contributed by atoms with Gasteiger partial charge in [0.15, 0.2) is 0 Å². The molecule has 0 amide bonds. The summed E-state index contributed by atoms with van der Waals surface area (Å²) in [6.45, 7) is 7.80. The molecule has 6 nitrogen and oxygen atoms in total. The summed E-state index contributed by atoms with van der Waals surface area (Å²) in [6, 6.07) is 18.1. The molecule has 0 aliphatic carbocycles. The molecule has 2 aromatic carbocycles. The van der Waals surface area contributed by atoms with Crippen molar-refractivity contribution in [2.45, 2.75) is 12.8 Å². The summed E-state index contributed by atoms with van der Waals surface area (Å²) in [5.74, 6) is 1.02. The molecule has 4 rings (SSSR count). The summed E-state index contributed by atoms with van der Waals surface area (Å²) >= 11 is 14.7. The van der Waals surface area contributed by atoms with E-state index in [0.717, 1.165) is 40.7 Å². The number of phenols is 1. The third-order valence-corrected chi connectivity index (χ3v) is 5.25. The van der Waals surface area contributed by atoms with Gasteiger partial charge in [-0.1, -0.05) is 52.3 Å². The zero-order valence-corrected chi connectivity index (χ0v) is 23.2. The van der Waals surface area contributed by atoms with Crippen molar-refractivity contribution in [3.8, 4) is 34.0 Å². The summed E-state index contributed by atoms with van der Waals surface area (Å²) in [5, 5.41) is 10.7. The van der Waals surface area contributed by atoms with E-state index in [1.807, 2.05) is 48.6 Å². The van der Waals surface area contributed by atoms with E-state index >= 15 is 0 Å². The number of ether oxygens (including phenoxy) is 1. The van der Waals surface area contributed by atoms with Crippen molar-refractivity contribution in [2.75, 3.05) is 11.9 Å². The quantitative estimate of drug-likeness (QED) is 0.0948. The monoisotopic (exact) mass is 600 g/mol. The molecule has 0 radical (unpaired) electrons. The lowest BCUT2D eigenvalue weighted by Crippen LogP contribution is -1.95. The molecular formula is C28H27BrCl2N4O2. The first-order valence-electron chi connectivity index (χ1n) is 11.2. The number of allylic oxidation sites excluding steroid dienone is 1. The highest BCUT2D eigenvalue weighted by Gasteiger charge is 2.03. The van der Waals surface area contributed by atoms with Crippen LogP contribution in [-0.2, 0) is 0 Å². The van der Waals surface area contributed by atoms with Crippen LogP contribution >= 0.6 is 39.1 Å². The van der Waals surface area contributed by atoms with Gasteiger partial charge in [-0.2, -0.15) is 0 Å². The van der Waals surface area contributed by atoms with Crippen LogP contribution in [0.4, 0.5) is 0 Å². The van der Waals surface area contributed by atoms with Crippen molar-refractivity contribution in [3.05, 3.63) is 109 Å². The van der Waals surface area contributed by atoms with Gasteiger partial charge in [-0.25, -0.2) is 19.9 Å². The molecule has 37 heavy (non-hydrogen) atoms. The van der Waals surface area contributed by atoms with E-state index in [1.54, 1.807) is 36.7 Å². The van der Waals surface area contributed by atoms with Crippen LogP contribution in [-0.4, -0.2) is 37.0 Å². The molecule has 1 N–H and O–H groups in total. The average Bonchev–Trinajstić information content (AvgIpc) is 2.90. The molecular weight excluding hydrogens is 575 g/mol. The van der Waals surface area contributed by atoms with Crippen LogP contribution in [0.2, 0.25) is 10.6 Å². The molecule has 192 valence electrons.